The van der Waals surface area contributed by atoms with Crippen molar-refractivity contribution in [2.75, 3.05) is 163 Å². The van der Waals surface area contributed by atoms with E-state index >= 15 is 0 Å². The van der Waals surface area contributed by atoms with Crippen molar-refractivity contribution < 1.29 is 95.5 Å². The number of hydrogen-bond acceptors (Lipinski definition) is 22. The standard InChI is InChI=1S/C64H90N10O20/c1-43(2)58(70-57(75)15-21-84-23-25-86-27-29-88-31-33-90-35-36-91-34-32-89-30-28-87-26-24-85-22-16-67-71-65)60(77)68-44(3)59(76)69-46-13-11-45(12-14-46)42-94-64(81)74-52-40-56(54(83-5)38-49(52)62(79)73-18-7-10-51(73)63(74)80)93-20-8-19-92-55-39-50-48(37-53(55)82-4)61(78)72-17-6-9-47(72)41-66-50/h11-14,37-41,43-44,47,51,58,63,80H,6-10,15-36,42H2,1-5H3,(H,68,77)(H,69,76)(H,70,75)/t44-,47-,51-,58-,63-/m0/s1. The first-order valence-electron chi connectivity index (χ1n) is 31.8. The van der Waals surface area contributed by atoms with Crippen LogP contribution in [0.25, 0.3) is 10.4 Å². The maximum absolute atomic E-state index is 14.2. The van der Waals surface area contributed by atoms with Gasteiger partial charge in [0.15, 0.2) is 29.2 Å². The molecule has 516 valence electrons. The molecule has 0 radical (unpaired) electrons. The van der Waals surface area contributed by atoms with Gasteiger partial charge >= 0.3 is 6.09 Å². The molecule has 0 saturated carbocycles. The number of benzene rings is 3. The molecule has 4 N–H and O–H groups in total. The fourth-order valence-corrected chi connectivity index (χ4v) is 10.5. The molecule has 0 bridgehead atoms. The highest BCUT2D eigenvalue weighted by Gasteiger charge is 2.45. The van der Waals surface area contributed by atoms with Crippen molar-refractivity contribution in [1.29, 1.82) is 0 Å². The van der Waals surface area contributed by atoms with Gasteiger partial charge in [-0.1, -0.05) is 31.1 Å². The minimum absolute atomic E-state index is 0.00277. The first-order valence-corrected chi connectivity index (χ1v) is 31.8. The average Bonchev–Trinajstić information content (AvgIpc) is 1.59. The summed E-state index contributed by atoms with van der Waals surface area (Å²) in [5.41, 5.74) is 10.2. The van der Waals surface area contributed by atoms with E-state index in [0.29, 0.717) is 165 Å². The van der Waals surface area contributed by atoms with Crippen LogP contribution in [0.5, 0.6) is 23.0 Å². The molecule has 3 aromatic rings. The summed E-state index contributed by atoms with van der Waals surface area (Å²) >= 11 is 0. The number of aliphatic hydroxyl groups is 1. The van der Waals surface area contributed by atoms with E-state index < -0.39 is 48.2 Å². The molecule has 4 aliphatic heterocycles. The van der Waals surface area contributed by atoms with Crippen molar-refractivity contribution >= 4 is 58.9 Å². The van der Waals surface area contributed by atoms with Crippen molar-refractivity contribution in [3.63, 3.8) is 0 Å². The van der Waals surface area contributed by atoms with Crippen LogP contribution in [-0.2, 0) is 63.6 Å². The smallest absolute Gasteiger partial charge is 0.416 e. The Balaban J connectivity index is 0.767. The van der Waals surface area contributed by atoms with E-state index in [1.807, 2.05) is 4.90 Å². The first-order chi connectivity index (χ1) is 45.7. The molecule has 3 aromatic carbocycles. The van der Waals surface area contributed by atoms with Crippen LogP contribution in [0.4, 0.5) is 21.9 Å². The summed E-state index contributed by atoms with van der Waals surface area (Å²) in [6.07, 6.45) is 2.62. The van der Waals surface area contributed by atoms with Crippen LogP contribution in [0.2, 0.25) is 0 Å². The molecule has 0 unspecified atom stereocenters. The van der Waals surface area contributed by atoms with E-state index in [9.17, 15) is 33.9 Å². The Bertz CT molecular complexity index is 3010. The third kappa shape index (κ3) is 22.4. The highest BCUT2D eigenvalue weighted by molar-refractivity contribution is 6.06. The Morgan fingerprint density at radius 2 is 1.18 bits per heavy atom. The summed E-state index contributed by atoms with van der Waals surface area (Å²) in [6.45, 7) is 12.5. The number of methoxy groups -OCH3 is 2. The Kier molecular flexibility index (Phi) is 31.1. The molecule has 4 aliphatic rings. The van der Waals surface area contributed by atoms with Crippen LogP contribution in [0.15, 0.2) is 58.6 Å². The number of nitrogens with one attached hydrogen (secondary N) is 3. The third-order valence-electron chi connectivity index (χ3n) is 15.5. The van der Waals surface area contributed by atoms with Crippen LogP contribution in [0.3, 0.4) is 0 Å². The molecule has 2 saturated heterocycles. The van der Waals surface area contributed by atoms with Gasteiger partial charge in [-0.25, -0.2) is 9.69 Å². The Labute approximate surface area is 547 Å². The fraction of sp³-hybridized carbons (Fsp3) is 0.609. The lowest BCUT2D eigenvalue weighted by atomic mass is 10.0. The molecule has 94 heavy (non-hydrogen) atoms. The second-order valence-electron chi connectivity index (χ2n) is 22.4. The summed E-state index contributed by atoms with van der Waals surface area (Å²) in [5, 5.41) is 23.4. The summed E-state index contributed by atoms with van der Waals surface area (Å²) in [5.74, 6) is -1.04. The largest absolute Gasteiger partial charge is 0.493 e. The molecule has 0 aliphatic carbocycles. The van der Waals surface area contributed by atoms with Crippen molar-refractivity contribution in [3.8, 4) is 23.0 Å². The second-order valence-corrected chi connectivity index (χ2v) is 22.4. The maximum atomic E-state index is 14.2. The number of azide groups is 1. The minimum atomic E-state index is -1.47. The summed E-state index contributed by atoms with van der Waals surface area (Å²) < 4.78 is 73.0. The number of carbonyl (C=O) groups excluding carboxylic acids is 6. The molecule has 5 atom stereocenters. The van der Waals surface area contributed by atoms with Crippen molar-refractivity contribution in [2.24, 2.45) is 16.0 Å². The van der Waals surface area contributed by atoms with E-state index in [0.717, 1.165) is 17.7 Å². The highest BCUT2D eigenvalue weighted by Crippen LogP contribution is 2.42. The van der Waals surface area contributed by atoms with E-state index in [2.05, 4.69) is 31.0 Å². The van der Waals surface area contributed by atoms with Crippen LogP contribution in [0, 0.1) is 5.92 Å². The Hall–Kier alpha value is -7.90. The van der Waals surface area contributed by atoms with E-state index in [4.69, 9.17) is 67.1 Å². The lowest BCUT2D eigenvalue weighted by Crippen LogP contribution is -2.53. The molecule has 30 nitrogen and oxygen atoms in total. The Morgan fingerprint density at radius 1 is 0.649 bits per heavy atom. The molecule has 30 heteroatoms. The molecular formula is C64H90N10O20. The van der Waals surface area contributed by atoms with Crippen LogP contribution < -0.4 is 39.8 Å². The van der Waals surface area contributed by atoms with Gasteiger partial charge in [-0.15, -0.1) is 0 Å². The number of aliphatic hydroxyl groups excluding tert-OH is 1. The first kappa shape index (κ1) is 73.5. The van der Waals surface area contributed by atoms with Gasteiger partial charge in [-0.2, -0.15) is 0 Å². The molecule has 2 fully saturated rings. The number of aliphatic imine (C=N–C) groups is 1. The lowest BCUT2D eigenvalue weighted by molar-refractivity contribution is -0.132. The number of fused-ring (bicyclic) bond motifs is 4. The van der Waals surface area contributed by atoms with Crippen LogP contribution >= 0.6 is 0 Å². The van der Waals surface area contributed by atoms with Crippen LogP contribution in [0.1, 0.15) is 85.6 Å². The van der Waals surface area contributed by atoms with Gasteiger partial charge in [0, 0.05) is 61.4 Å². The van der Waals surface area contributed by atoms with Crippen molar-refractivity contribution in [2.45, 2.75) is 96.3 Å². The van der Waals surface area contributed by atoms with Gasteiger partial charge in [0.2, 0.25) is 17.7 Å². The van der Waals surface area contributed by atoms with E-state index in [1.54, 1.807) is 61.4 Å². The summed E-state index contributed by atoms with van der Waals surface area (Å²) in [6, 6.07) is 10.1. The zero-order chi connectivity index (χ0) is 67.0. The SMILES string of the molecule is COc1cc2c(cc1OCCCOc1cc3c(cc1OC)C(=O)N1CCC[C@H]1[C@H](O)N3C(=O)OCc1ccc(NC(=O)[C@H](C)NC(=O)[C@@H](NC(=O)CCOCCOCCOCCOCCOCCOCCOCCOCCN=[N+]=[N-])C(C)C)cc1)N=C[C@@H]1CCCN1C2=O. The molecule has 4 heterocycles. The number of ether oxygens (including phenoxy) is 13. The van der Waals surface area contributed by atoms with Gasteiger partial charge in [0.1, 0.15) is 18.7 Å². The van der Waals surface area contributed by atoms with Gasteiger partial charge in [0.25, 0.3) is 11.8 Å². The number of nitrogens with zero attached hydrogens (tertiary/aromatic N) is 7. The predicted octanol–water partition coefficient (Wildman–Crippen LogP) is 5.37. The highest BCUT2D eigenvalue weighted by atomic mass is 16.6. The van der Waals surface area contributed by atoms with E-state index in [-0.39, 0.29) is 86.0 Å². The van der Waals surface area contributed by atoms with Gasteiger partial charge in [-0.3, -0.25) is 29.0 Å². The fourth-order valence-electron chi connectivity index (χ4n) is 10.5. The zero-order valence-corrected chi connectivity index (χ0v) is 54.3. The quantitative estimate of drug-likeness (QED) is 0.0239. The number of rotatable bonds is 43. The third-order valence-corrected chi connectivity index (χ3v) is 15.5. The monoisotopic (exact) mass is 1320 g/mol. The average molecular weight is 1320 g/mol. The minimum Gasteiger partial charge on any atom is -0.493 e. The van der Waals surface area contributed by atoms with Crippen molar-refractivity contribution in [1.82, 2.24) is 20.4 Å². The molecule has 6 amide bonds. The van der Waals surface area contributed by atoms with Crippen molar-refractivity contribution in [3.05, 3.63) is 75.7 Å². The molecule has 0 aromatic heterocycles. The second kappa shape index (κ2) is 39.7. The summed E-state index contributed by atoms with van der Waals surface area (Å²) in [4.78, 5) is 92.9. The lowest BCUT2D eigenvalue weighted by Gasteiger charge is -2.31. The van der Waals surface area contributed by atoms with Gasteiger partial charge in [-0.05, 0) is 73.9 Å². The molecule has 7 rings (SSSR count). The molecule has 0 spiro atoms. The summed E-state index contributed by atoms with van der Waals surface area (Å²) in [7, 11) is 2.94. The zero-order valence-electron chi connectivity index (χ0n) is 54.3. The topological polar surface area (TPSA) is 350 Å². The van der Waals surface area contributed by atoms with Gasteiger partial charge in [0.05, 0.1) is 168 Å². The number of anilines is 2. The maximum Gasteiger partial charge on any atom is 0.416 e. The predicted molar refractivity (Wildman–Crippen MR) is 341 cm³/mol. The normalized spacial score (nSPS) is 17.0. The number of amides is 6. The number of hydrogen-bond donors (Lipinski definition) is 4. The molecular weight excluding hydrogens is 1230 g/mol. The number of carbonyl (C=O) groups is 6. The van der Waals surface area contributed by atoms with Gasteiger partial charge < -0.3 is 92.4 Å². The van der Waals surface area contributed by atoms with E-state index in [1.165, 1.54) is 33.3 Å². The van der Waals surface area contributed by atoms with Crippen LogP contribution in [-0.4, -0.2) is 240 Å². The Morgan fingerprint density at radius 3 is 1.76 bits per heavy atom.